The molecule has 0 spiro atoms. The molecule has 4 rings (SSSR count). The van der Waals surface area contributed by atoms with Gasteiger partial charge in [-0.15, -0.1) is 0 Å². The number of hydrogen-bond acceptors (Lipinski definition) is 4. The molecule has 3 aromatic heterocycles. The van der Waals surface area contributed by atoms with Crippen LogP contribution in [0, 0.1) is 0 Å². The number of aryl methyl sites for hydroxylation is 1. The molecule has 0 saturated carbocycles. The number of fused-ring (bicyclic) bond motifs is 1. The molecule has 0 bridgehead atoms. The van der Waals surface area contributed by atoms with Gasteiger partial charge in [0, 0.05) is 19.2 Å². The second kappa shape index (κ2) is 8.54. The van der Waals surface area contributed by atoms with Gasteiger partial charge in [-0.2, -0.15) is 10.2 Å². The van der Waals surface area contributed by atoms with E-state index in [2.05, 4.69) is 31.1 Å². The Kier molecular flexibility index (Phi) is 5.81. The predicted molar refractivity (Wildman–Crippen MR) is 115 cm³/mol. The van der Waals surface area contributed by atoms with Crippen molar-refractivity contribution in [3.05, 3.63) is 70.2 Å². The largest absolute Gasteiger partial charge is 0.336 e. The molecule has 160 valence electrons. The fourth-order valence-corrected chi connectivity index (χ4v) is 3.79. The summed E-state index contributed by atoms with van der Waals surface area (Å²) in [6.45, 7) is 2.89. The molecule has 1 aromatic carbocycles. The van der Waals surface area contributed by atoms with Gasteiger partial charge in [-0.25, -0.2) is 18.3 Å². The highest BCUT2D eigenvalue weighted by molar-refractivity contribution is 9.10. The van der Waals surface area contributed by atoms with E-state index in [-0.39, 0.29) is 29.4 Å². The Morgan fingerprint density at radius 1 is 1.19 bits per heavy atom. The Morgan fingerprint density at radius 2 is 1.94 bits per heavy atom. The monoisotopic (exact) mass is 488 g/mol. The van der Waals surface area contributed by atoms with E-state index in [1.165, 1.54) is 17.2 Å². The number of rotatable bonds is 6. The number of aromatic nitrogens is 5. The zero-order valence-corrected chi connectivity index (χ0v) is 18.4. The van der Waals surface area contributed by atoms with Gasteiger partial charge in [0.2, 0.25) is 0 Å². The van der Waals surface area contributed by atoms with Crippen molar-refractivity contribution in [1.29, 1.82) is 0 Å². The van der Waals surface area contributed by atoms with Crippen LogP contribution in [0.25, 0.3) is 16.9 Å². The maximum atomic E-state index is 13.7. The molecule has 0 saturated heterocycles. The van der Waals surface area contributed by atoms with Crippen LogP contribution in [0.4, 0.5) is 8.78 Å². The molecular formula is C21H19BrF2N6O. The lowest BCUT2D eigenvalue weighted by atomic mass is 10.1. The molecule has 7 nitrogen and oxygen atoms in total. The van der Waals surface area contributed by atoms with Crippen molar-refractivity contribution in [2.24, 2.45) is 0 Å². The van der Waals surface area contributed by atoms with E-state index in [9.17, 15) is 13.6 Å². The normalized spacial score (nSPS) is 11.4. The van der Waals surface area contributed by atoms with E-state index in [4.69, 9.17) is 0 Å². The molecule has 1 amide bonds. The third kappa shape index (κ3) is 3.95. The lowest BCUT2D eigenvalue weighted by Gasteiger charge is -2.18. The Labute approximate surface area is 185 Å². The predicted octanol–water partition coefficient (Wildman–Crippen LogP) is 4.59. The van der Waals surface area contributed by atoms with Crippen molar-refractivity contribution >= 4 is 27.5 Å². The zero-order valence-electron chi connectivity index (χ0n) is 16.8. The molecule has 0 radical (unpaired) electrons. The van der Waals surface area contributed by atoms with Crippen LogP contribution >= 0.6 is 15.9 Å². The van der Waals surface area contributed by atoms with Gasteiger partial charge >= 0.3 is 0 Å². The smallest absolute Gasteiger partial charge is 0.280 e. The van der Waals surface area contributed by atoms with Gasteiger partial charge in [0.05, 0.1) is 34.8 Å². The minimum atomic E-state index is -2.77. The summed E-state index contributed by atoms with van der Waals surface area (Å²) in [5.74, 6) is -0.372. The molecule has 31 heavy (non-hydrogen) atoms. The fraction of sp³-hybridized carbons (Fsp3) is 0.238. The summed E-state index contributed by atoms with van der Waals surface area (Å²) in [6, 6.07) is 10.3. The summed E-state index contributed by atoms with van der Waals surface area (Å²) < 4.78 is 31.1. The highest BCUT2D eigenvalue weighted by Gasteiger charge is 2.24. The minimum Gasteiger partial charge on any atom is -0.336 e. The highest BCUT2D eigenvalue weighted by Crippen LogP contribution is 2.27. The van der Waals surface area contributed by atoms with E-state index in [0.717, 1.165) is 14.7 Å². The van der Waals surface area contributed by atoms with Gasteiger partial charge in [-0.05, 0) is 28.9 Å². The van der Waals surface area contributed by atoms with Crippen molar-refractivity contribution in [2.75, 3.05) is 7.05 Å². The SMILES string of the molecule is CCn1ncc(Br)c1CN(C)C(=O)c1cnn2c(C(F)F)cc(-c3ccccc3)nc12. The summed E-state index contributed by atoms with van der Waals surface area (Å²) in [4.78, 5) is 19.2. The van der Waals surface area contributed by atoms with E-state index < -0.39 is 6.43 Å². The summed E-state index contributed by atoms with van der Waals surface area (Å²) >= 11 is 3.45. The van der Waals surface area contributed by atoms with Crippen LogP contribution in [0.3, 0.4) is 0 Å². The number of carbonyl (C=O) groups excluding carboxylic acids is 1. The van der Waals surface area contributed by atoms with Gasteiger partial charge in [0.15, 0.2) is 5.65 Å². The maximum absolute atomic E-state index is 13.7. The first-order chi connectivity index (χ1) is 14.9. The van der Waals surface area contributed by atoms with Crippen molar-refractivity contribution in [3.8, 4) is 11.3 Å². The minimum absolute atomic E-state index is 0.0940. The first-order valence-electron chi connectivity index (χ1n) is 9.58. The highest BCUT2D eigenvalue weighted by atomic mass is 79.9. The molecule has 4 aromatic rings. The number of alkyl halides is 2. The van der Waals surface area contributed by atoms with E-state index in [1.807, 2.05) is 13.0 Å². The van der Waals surface area contributed by atoms with Gasteiger partial charge in [0.1, 0.15) is 11.3 Å². The summed E-state index contributed by atoms with van der Waals surface area (Å²) in [5.41, 5.74) is 1.79. The third-order valence-electron chi connectivity index (χ3n) is 4.95. The quantitative estimate of drug-likeness (QED) is 0.398. The molecule has 3 heterocycles. The number of halogens is 3. The Hall–Kier alpha value is -3.14. The summed E-state index contributed by atoms with van der Waals surface area (Å²) in [6.07, 6.45) is 0.187. The van der Waals surface area contributed by atoms with E-state index in [1.54, 1.807) is 42.2 Å². The van der Waals surface area contributed by atoms with Crippen molar-refractivity contribution in [2.45, 2.75) is 26.4 Å². The Bertz CT molecular complexity index is 1240. The second-order valence-electron chi connectivity index (χ2n) is 6.94. The standard InChI is InChI=1S/C21H19BrF2N6O/c1-3-29-18(15(22)11-25-29)12-28(2)21(31)14-10-26-30-17(19(23)24)9-16(27-20(14)30)13-7-5-4-6-8-13/h4-11,19H,3,12H2,1-2H3. The van der Waals surface area contributed by atoms with E-state index in [0.29, 0.717) is 17.8 Å². The fourth-order valence-electron chi connectivity index (χ4n) is 3.37. The molecule has 0 aliphatic heterocycles. The molecule has 0 atom stereocenters. The maximum Gasteiger partial charge on any atom is 0.280 e. The van der Waals surface area contributed by atoms with Crippen LogP contribution in [0.2, 0.25) is 0 Å². The van der Waals surface area contributed by atoms with Crippen molar-refractivity contribution in [1.82, 2.24) is 29.3 Å². The van der Waals surface area contributed by atoms with Gasteiger partial charge in [-0.3, -0.25) is 9.48 Å². The summed E-state index contributed by atoms with van der Waals surface area (Å²) in [7, 11) is 1.64. The topological polar surface area (TPSA) is 68.3 Å². The van der Waals surface area contributed by atoms with E-state index >= 15 is 0 Å². The van der Waals surface area contributed by atoms with Crippen molar-refractivity contribution in [3.63, 3.8) is 0 Å². The number of hydrogen-bond donors (Lipinski definition) is 0. The number of amides is 1. The first-order valence-corrected chi connectivity index (χ1v) is 10.4. The molecule has 0 aliphatic rings. The number of benzene rings is 1. The van der Waals surface area contributed by atoms with Crippen molar-refractivity contribution < 1.29 is 13.6 Å². The Balaban J connectivity index is 1.76. The molecule has 0 fully saturated rings. The summed E-state index contributed by atoms with van der Waals surface area (Å²) in [5, 5.41) is 8.28. The van der Waals surface area contributed by atoms with Crippen LogP contribution in [0.5, 0.6) is 0 Å². The molecule has 0 unspecified atom stereocenters. The molecule has 0 N–H and O–H groups in total. The van der Waals surface area contributed by atoms with Crippen LogP contribution in [-0.4, -0.2) is 42.2 Å². The van der Waals surface area contributed by atoms with Gasteiger partial charge in [-0.1, -0.05) is 30.3 Å². The van der Waals surface area contributed by atoms with Crippen LogP contribution in [0.1, 0.15) is 35.1 Å². The molecule has 0 aliphatic carbocycles. The molecule has 10 heteroatoms. The average Bonchev–Trinajstić information content (AvgIpc) is 3.36. The third-order valence-corrected chi connectivity index (χ3v) is 5.62. The lowest BCUT2D eigenvalue weighted by molar-refractivity contribution is 0.0782. The number of nitrogens with zero attached hydrogens (tertiary/aromatic N) is 6. The average molecular weight is 489 g/mol. The lowest BCUT2D eigenvalue weighted by Crippen LogP contribution is -2.27. The second-order valence-corrected chi connectivity index (χ2v) is 7.80. The van der Waals surface area contributed by atoms with Crippen LogP contribution in [0.15, 0.2) is 53.3 Å². The Morgan fingerprint density at radius 3 is 2.61 bits per heavy atom. The van der Waals surface area contributed by atoms with Crippen LogP contribution in [-0.2, 0) is 13.1 Å². The zero-order chi connectivity index (χ0) is 22.1. The van der Waals surface area contributed by atoms with Crippen LogP contribution < -0.4 is 0 Å². The molecular weight excluding hydrogens is 470 g/mol. The van der Waals surface area contributed by atoms with Gasteiger partial charge in [0.25, 0.3) is 12.3 Å². The van der Waals surface area contributed by atoms with Gasteiger partial charge < -0.3 is 4.90 Å². The number of carbonyl (C=O) groups is 1. The first kappa shape index (κ1) is 21.1.